The van der Waals surface area contributed by atoms with Crippen molar-refractivity contribution in [2.24, 2.45) is 0 Å². The van der Waals surface area contributed by atoms with Crippen LogP contribution in [0.25, 0.3) is 6.08 Å². The summed E-state index contributed by atoms with van der Waals surface area (Å²) in [6, 6.07) is 21.6. The van der Waals surface area contributed by atoms with E-state index in [-0.39, 0.29) is 11.4 Å². The van der Waals surface area contributed by atoms with Crippen molar-refractivity contribution in [1.29, 1.82) is 0 Å². The van der Waals surface area contributed by atoms with Gasteiger partial charge < -0.3 is 10.1 Å². The van der Waals surface area contributed by atoms with Crippen LogP contribution in [0.15, 0.2) is 77.7 Å². The summed E-state index contributed by atoms with van der Waals surface area (Å²) >= 11 is 6.78. The summed E-state index contributed by atoms with van der Waals surface area (Å²) in [5.41, 5.74) is 2.05. The van der Waals surface area contributed by atoms with Crippen LogP contribution in [0.5, 0.6) is 11.5 Å². The molecule has 0 bridgehead atoms. The summed E-state index contributed by atoms with van der Waals surface area (Å²) in [4.78, 5) is 38.8. The van der Waals surface area contributed by atoms with Crippen molar-refractivity contribution >= 4 is 52.2 Å². The maximum atomic E-state index is 12.8. The highest BCUT2D eigenvalue weighted by Gasteiger charge is 2.36. The number of rotatable bonds is 6. The largest absolute Gasteiger partial charge is 0.457 e. The minimum absolute atomic E-state index is 0.239. The van der Waals surface area contributed by atoms with E-state index in [1.165, 1.54) is 0 Å². The Bertz CT molecular complexity index is 1260. The third-order valence-electron chi connectivity index (χ3n) is 4.78. The van der Waals surface area contributed by atoms with E-state index >= 15 is 0 Å². The van der Waals surface area contributed by atoms with E-state index in [1.54, 1.807) is 48.5 Å². The molecule has 1 N–H and O–H groups in total. The number of hydrogen-bond donors (Lipinski definition) is 1. The fourth-order valence-corrected chi connectivity index (χ4v) is 4.15. The van der Waals surface area contributed by atoms with Crippen LogP contribution in [0, 0.1) is 6.92 Å². The lowest BCUT2D eigenvalue weighted by atomic mass is 10.2. The predicted molar refractivity (Wildman–Crippen MR) is 130 cm³/mol. The Labute approximate surface area is 200 Å². The van der Waals surface area contributed by atoms with E-state index < -0.39 is 17.1 Å². The van der Waals surface area contributed by atoms with Crippen LogP contribution in [0.3, 0.4) is 0 Å². The summed E-state index contributed by atoms with van der Waals surface area (Å²) in [7, 11) is 0. The second kappa shape index (κ2) is 9.94. The van der Waals surface area contributed by atoms with Gasteiger partial charge >= 0.3 is 0 Å². The molecule has 8 heteroatoms. The molecular formula is C25H19ClN2O4S. The molecule has 1 fully saturated rings. The number of amides is 3. The van der Waals surface area contributed by atoms with Crippen molar-refractivity contribution in [1.82, 2.24) is 4.90 Å². The zero-order valence-corrected chi connectivity index (χ0v) is 19.2. The van der Waals surface area contributed by atoms with E-state index in [9.17, 15) is 14.4 Å². The van der Waals surface area contributed by atoms with Crippen LogP contribution in [0.1, 0.15) is 11.1 Å². The number of nitrogens with zero attached hydrogens (tertiary/aromatic N) is 1. The average Bonchev–Trinajstić information content (AvgIpc) is 3.04. The third-order valence-corrected chi connectivity index (χ3v) is 5.93. The van der Waals surface area contributed by atoms with Crippen molar-refractivity contribution in [3.8, 4) is 11.5 Å². The summed E-state index contributed by atoms with van der Waals surface area (Å²) in [5, 5.41) is 2.68. The molecule has 1 heterocycles. The molecule has 0 saturated carbocycles. The van der Waals surface area contributed by atoms with E-state index in [1.807, 2.05) is 37.3 Å². The topological polar surface area (TPSA) is 75.7 Å². The molecule has 0 aromatic heterocycles. The number of carbonyl (C=O) groups is 3. The minimum atomic E-state index is -0.516. The quantitative estimate of drug-likeness (QED) is 0.432. The molecule has 3 aromatic carbocycles. The molecule has 3 amide bonds. The lowest BCUT2D eigenvalue weighted by molar-refractivity contribution is -0.127. The molecule has 3 aromatic rings. The van der Waals surface area contributed by atoms with Crippen molar-refractivity contribution in [3.63, 3.8) is 0 Å². The first-order valence-electron chi connectivity index (χ1n) is 10.0. The number of hydrogen-bond acceptors (Lipinski definition) is 5. The molecule has 33 heavy (non-hydrogen) atoms. The molecule has 4 rings (SSSR count). The Kier molecular flexibility index (Phi) is 6.82. The number of thioether (sulfide) groups is 1. The summed E-state index contributed by atoms with van der Waals surface area (Å²) in [6.45, 7) is 1.44. The van der Waals surface area contributed by atoms with E-state index in [0.29, 0.717) is 27.8 Å². The Morgan fingerprint density at radius 2 is 1.79 bits per heavy atom. The van der Waals surface area contributed by atoms with Gasteiger partial charge in [-0.15, -0.1) is 0 Å². The van der Waals surface area contributed by atoms with E-state index in [4.69, 9.17) is 16.3 Å². The first kappa shape index (κ1) is 22.6. The van der Waals surface area contributed by atoms with Gasteiger partial charge in [0.05, 0.1) is 4.91 Å². The highest BCUT2D eigenvalue weighted by Crippen LogP contribution is 2.33. The maximum Gasteiger partial charge on any atom is 0.294 e. The van der Waals surface area contributed by atoms with Crippen molar-refractivity contribution in [2.75, 3.05) is 11.9 Å². The van der Waals surface area contributed by atoms with E-state index in [0.717, 1.165) is 22.2 Å². The van der Waals surface area contributed by atoms with Gasteiger partial charge in [-0.3, -0.25) is 19.3 Å². The Balaban J connectivity index is 1.45. The third kappa shape index (κ3) is 5.63. The first-order chi connectivity index (χ1) is 15.9. The van der Waals surface area contributed by atoms with Crippen molar-refractivity contribution < 1.29 is 19.1 Å². The molecule has 0 spiro atoms. The average molecular weight is 479 g/mol. The molecule has 1 aliphatic heterocycles. The standard InChI is InChI=1S/C25H19ClN2O4S/c1-16-10-11-18(26)14-21(16)27-23(29)15-28-24(30)22(33-25(28)31)13-17-6-5-9-20(12-17)32-19-7-3-2-4-8-19/h2-14H,15H2,1H3,(H,27,29)/b22-13+. The van der Waals surface area contributed by atoms with Gasteiger partial charge in [0, 0.05) is 10.7 Å². The number of aryl methyl sites for hydroxylation is 1. The maximum absolute atomic E-state index is 12.8. The second-order valence-corrected chi connectivity index (χ2v) is 8.69. The van der Waals surface area contributed by atoms with Crippen LogP contribution in [-0.4, -0.2) is 28.5 Å². The highest BCUT2D eigenvalue weighted by molar-refractivity contribution is 8.18. The Morgan fingerprint density at radius 3 is 2.58 bits per heavy atom. The van der Waals surface area contributed by atoms with Crippen LogP contribution >= 0.6 is 23.4 Å². The molecular weight excluding hydrogens is 460 g/mol. The van der Waals surface area contributed by atoms with Gasteiger partial charge in [0.2, 0.25) is 5.91 Å². The molecule has 0 atom stereocenters. The smallest absolute Gasteiger partial charge is 0.294 e. The normalized spacial score (nSPS) is 14.6. The van der Waals surface area contributed by atoms with Crippen LogP contribution < -0.4 is 10.1 Å². The highest BCUT2D eigenvalue weighted by atomic mass is 35.5. The molecule has 0 aliphatic carbocycles. The molecule has 1 saturated heterocycles. The van der Waals surface area contributed by atoms with Gasteiger partial charge in [0.25, 0.3) is 11.1 Å². The van der Waals surface area contributed by atoms with Gasteiger partial charge in [-0.2, -0.15) is 0 Å². The van der Waals surface area contributed by atoms with E-state index in [2.05, 4.69) is 5.32 Å². The SMILES string of the molecule is Cc1ccc(Cl)cc1NC(=O)CN1C(=O)S/C(=C/c2cccc(Oc3ccccc3)c2)C1=O. The zero-order valence-electron chi connectivity index (χ0n) is 17.6. The Hall–Kier alpha value is -3.55. The van der Waals surface area contributed by atoms with Crippen LogP contribution in [0.4, 0.5) is 10.5 Å². The van der Waals surface area contributed by atoms with Gasteiger partial charge in [-0.25, -0.2) is 0 Å². The fourth-order valence-electron chi connectivity index (χ4n) is 3.14. The number of ether oxygens (including phenoxy) is 1. The first-order valence-corrected chi connectivity index (χ1v) is 11.2. The van der Waals surface area contributed by atoms with Crippen LogP contribution in [0.2, 0.25) is 5.02 Å². The number of nitrogens with one attached hydrogen (secondary N) is 1. The monoisotopic (exact) mass is 478 g/mol. The Morgan fingerprint density at radius 1 is 1.03 bits per heavy atom. The van der Waals surface area contributed by atoms with Gasteiger partial charge in [0.1, 0.15) is 18.0 Å². The number of anilines is 1. The number of imide groups is 1. The summed E-state index contributed by atoms with van der Waals surface area (Å²) in [5.74, 6) is 0.292. The van der Waals surface area contributed by atoms with Gasteiger partial charge in [-0.05, 0) is 72.3 Å². The lowest BCUT2D eigenvalue weighted by Crippen LogP contribution is -2.36. The molecule has 0 radical (unpaired) electrons. The molecule has 1 aliphatic rings. The summed E-state index contributed by atoms with van der Waals surface area (Å²) in [6.07, 6.45) is 1.61. The fraction of sp³-hybridized carbons (Fsp3) is 0.0800. The molecule has 6 nitrogen and oxygen atoms in total. The number of benzene rings is 3. The number of carbonyl (C=O) groups excluding carboxylic acids is 3. The summed E-state index contributed by atoms with van der Waals surface area (Å²) < 4.78 is 5.82. The lowest BCUT2D eigenvalue weighted by Gasteiger charge is -2.13. The van der Waals surface area contributed by atoms with Gasteiger partial charge in [0.15, 0.2) is 0 Å². The van der Waals surface area contributed by atoms with Crippen molar-refractivity contribution in [3.05, 3.63) is 93.9 Å². The predicted octanol–water partition coefficient (Wildman–Crippen LogP) is 6.12. The number of para-hydroxylation sites is 1. The minimum Gasteiger partial charge on any atom is -0.457 e. The zero-order chi connectivity index (χ0) is 23.4. The van der Waals surface area contributed by atoms with Gasteiger partial charge in [-0.1, -0.05) is 48.0 Å². The second-order valence-electron chi connectivity index (χ2n) is 7.26. The molecule has 0 unspecified atom stereocenters. The van der Waals surface area contributed by atoms with Crippen LogP contribution in [-0.2, 0) is 9.59 Å². The molecule has 166 valence electrons. The number of halogens is 1. The van der Waals surface area contributed by atoms with Crippen molar-refractivity contribution in [2.45, 2.75) is 6.92 Å².